The molecule has 146 valence electrons. The molecule has 0 fully saturated rings. The Balaban J connectivity index is 1.70. The Labute approximate surface area is 166 Å². The normalized spacial score (nSPS) is 16.0. The number of nitrogens with zero attached hydrogens (tertiary/aromatic N) is 2. The zero-order chi connectivity index (χ0) is 19.8. The number of methoxy groups -OCH3 is 2. The SMILES string of the molecule is COc1ccc(C(=O)Cn2cnc3sc4c(c3c2=O)CC[C@H](C)C4)c(OC)c1. The van der Waals surface area contributed by atoms with E-state index in [1.165, 1.54) is 22.9 Å². The first-order valence-electron chi connectivity index (χ1n) is 9.26. The second-order valence-electron chi connectivity index (χ2n) is 7.20. The molecular formula is C21H22N2O4S. The van der Waals surface area contributed by atoms with Crippen LogP contribution in [0.2, 0.25) is 0 Å². The first-order valence-corrected chi connectivity index (χ1v) is 10.1. The standard InChI is InChI=1S/C21H22N2O4S/c1-12-4-6-15-18(8-12)28-20-19(15)21(25)23(11-22-20)10-16(24)14-7-5-13(26-2)9-17(14)27-3/h5,7,9,11-12H,4,6,8,10H2,1-3H3/t12-/m0/s1. The summed E-state index contributed by atoms with van der Waals surface area (Å²) in [5.74, 6) is 1.45. The number of benzene rings is 1. The second kappa shape index (κ2) is 7.39. The zero-order valence-electron chi connectivity index (χ0n) is 16.2. The van der Waals surface area contributed by atoms with Crippen molar-refractivity contribution in [1.29, 1.82) is 0 Å². The number of ketones is 1. The maximum Gasteiger partial charge on any atom is 0.262 e. The maximum atomic E-state index is 13.1. The van der Waals surface area contributed by atoms with E-state index < -0.39 is 0 Å². The van der Waals surface area contributed by atoms with E-state index in [0.29, 0.717) is 28.4 Å². The number of carbonyl (C=O) groups is 1. The number of rotatable bonds is 5. The van der Waals surface area contributed by atoms with E-state index in [4.69, 9.17) is 9.47 Å². The number of Topliss-reactive ketones (excluding diaryl/α,β-unsaturated/α-hetero) is 1. The smallest absolute Gasteiger partial charge is 0.262 e. The third-order valence-electron chi connectivity index (χ3n) is 5.31. The van der Waals surface area contributed by atoms with Crippen LogP contribution in [0.5, 0.6) is 11.5 Å². The molecule has 1 aliphatic rings. The van der Waals surface area contributed by atoms with Crippen molar-refractivity contribution in [2.24, 2.45) is 5.92 Å². The minimum atomic E-state index is -0.208. The predicted octanol–water partition coefficient (Wildman–Crippen LogP) is 3.48. The lowest BCUT2D eigenvalue weighted by Crippen LogP contribution is -2.25. The molecule has 0 saturated carbocycles. The van der Waals surface area contributed by atoms with E-state index in [1.807, 2.05) is 0 Å². The number of aromatic nitrogens is 2. The summed E-state index contributed by atoms with van der Waals surface area (Å²) in [4.78, 5) is 32.4. The number of fused-ring (bicyclic) bond motifs is 3. The Bertz CT molecular complexity index is 1120. The highest BCUT2D eigenvalue weighted by Gasteiger charge is 2.24. The number of hydrogen-bond donors (Lipinski definition) is 0. The van der Waals surface area contributed by atoms with Gasteiger partial charge in [0.1, 0.15) is 16.3 Å². The summed E-state index contributed by atoms with van der Waals surface area (Å²) in [7, 11) is 3.06. The monoisotopic (exact) mass is 398 g/mol. The Morgan fingerprint density at radius 1 is 1.32 bits per heavy atom. The minimum absolute atomic E-state index is 0.0779. The van der Waals surface area contributed by atoms with Gasteiger partial charge in [-0.05, 0) is 42.9 Å². The number of aryl methyl sites for hydroxylation is 1. The van der Waals surface area contributed by atoms with Gasteiger partial charge in [0.05, 0.1) is 38.0 Å². The molecule has 0 N–H and O–H groups in total. The highest BCUT2D eigenvalue weighted by atomic mass is 32.1. The first-order chi connectivity index (χ1) is 13.5. The first kappa shape index (κ1) is 18.7. The van der Waals surface area contributed by atoms with Crippen LogP contribution in [0.4, 0.5) is 0 Å². The van der Waals surface area contributed by atoms with Crippen molar-refractivity contribution in [3.63, 3.8) is 0 Å². The van der Waals surface area contributed by atoms with Gasteiger partial charge in [0.15, 0.2) is 5.78 Å². The molecule has 0 unspecified atom stereocenters. The van der Waals surface area contributed by atoms with E-state index in [2.05, 4.69) is 11.9 Å². The number of carbonyl (C=O) groups excluding carboxylic acids is 1. The van der Waals surface area contributed by atoms with Gasteiger partial charge >= 0.3 is 0 Å². The molecule has 2 aromatic heterocycles. The summed E-state index contributed by atoms with van der Waals surface area (Å²) < 4.78 is 11.9. The fourth-order valence-electron chi connectivity index (χ4n) is 3.75. The van der Waals surface area contributed by atoms with Gasteiger partial charge in [0, 0.05) is 10.9 Å². The molecule has 0 spiro atoms. The van der Waals surface area contributed by atoms with Gasteiger partial charge < -0.3 is 9.47 Å². The van der Waals surface area contributed by atoms with Gasteiger partial charge in [-0.15, -0.1) is 11.3 Å². The molecule has 28 heavy (non-hydrogen) atoms. The Morgan fingerprint density at radius 2 is 2.14 bits per heavy atom. The molecule has 3 aromatic rings. The van der Waals surface area contributed by atoms with Crippen molar-refractivity contribution < 1.29 is 14.3 Å². The van der Waals surface area contributed by atoms with Gasteiger partial charge in [-0.1, -0.05) is 6.92 Å². The molecule has 1 aliphatic carbocycles. The highest BCUT2D eigenvalue weighted by Crippen LogP contribution is 2.35. The van der Waals surface area contributed by atoms with Crippen molar-refractivity contribution >= 4 is 27.3 Å². The molecule has 2 heterocycles. The molecule has 1 atom stereocenters. The van der Waals surface area contributed by atoms with Crippen LogP contribution in [0, 0.1) is 5.92 Å². The molecule has 0 bridgehead atoms. The van der Waals surface area contributed by atoms with Crippen molar-refractivity contribution in [1.82, 2.24) is 9.55 Å². The van der Waals surface area contributed by atoms with Crippen molar-refractivity contribution in [3.05, 3.63) is 50.9 Å². The molecule has 0 saturated heterocycles. The van der Waals surface area contributed by atoms with Gasteiger partial charge in [0.25, 0.3) is 5.56 Å². The largest absolute Gasteiger partial charge is 0.497 e. The summed E-state index contributed by atoms with van der Waals surface area (Å²) in [6, 6.07) is 5.02. The van der Waals surface area contributed by atoms with Crippen LogP contribution < -0.4 is 15.0 Å². The molecule has 0 aliphatic heterocycles. The van der Waals surface area contributed by atoms with Crippen LogP contribution in [0.3, 0.4) is 0 Å². The molecule has 0 radical (unpaired) electrons. The van der Waals surface area contributed by atoms with Gasteiger partial charge in [-0.3, -0.25) is 14.2 Å². The minimum Gasteiger partial charge on any atom is -0.497 e. The topological polar surface area (TPSA) is 70.4 Å². The van der Waals surface area contributed by atoms with Crippen LogP contribution in [-0.4, -0.2) is 29.6 Å². The fourth-order valence-corrected chi connectivity index (χ4v) is 5.09. The molecule has 6 nitrogen and oxygen atoms in total. The van der Waals surface area contributed by atoms with Gasteiger partial charge in [-0.2, -0.15) is 0 Å². The zero-order valence-corrected chi connectivity index (χ0v) is 17.0. The van der Waals surface area contributed by atoms with Crippen LogP contribution in [-0.2, 0) is 19.4 Å². The number of hydrogen-bond acceptors (Lipinski definition) is 6. The highest BCUT2D eigenvalue weighted by molar-refractivity contribution is 7.18. The van der Waals surface area contributed by atoms with E-state index in [9.17, 15) is 9.59 Å². The molecular weight excluding hydrogens is 376 g/mol. The lowest BCUT2D eigenvalue weighted by Gasteiger charge is -2.17. The lowest BCUT2D eigenvalue weighted by molar-refractivity contribution is 0.0967. The van der Waals surface area contributed by atoms with Gasteiger partial charge in [-0.25, -0.2) is 4.98 Å². The summed E-state index contributed by atoms with van der Waals surface area (Å²) in [6.07, 6.45) is 4.45. The van der Waals surface area contributed by atoms with Crippen molar-refractivity contribution in [2.45, 2.75) is 32.7 Å². The number of ether oxygens (including phenoxy) is 2. The Kier molecular flexibility index (Phi) is 4.93. The van der Waals surface area contributed by atoms with Crippen molar-refractivity contribution in [3.8, 4) is 11.5 Å². The predicted molar refractivity (Wildman–Crippen MR) is 109 cm³/mol. The summed E-state index contributed by atoms with van der Waals surface area (Å²) in [5, 5.41) is 0.684. The molecule has 0 amide bonds. The summed E-state index contributed by atoms with van der Waals surface area (Å²) >= 11 is 1.61. The van der Waals surface area contributed by atoms with Crippen LogP contribution in [0.25, 0.3) is 10.2 Å². The lowest BCUT2D eigenvalue weighted by atomic mass is 9.89. The average molecular weight is 398 g/mol. The molecule has 7 heteroatoms. The number of thiophene rings is 1. The quantitative estimate of drug-likeness (QED) is 0.616. The third kappa shape index (κ3) is 3.20. The van der Waals surface area contributed by atoms with E-state index in [-0.39, 0.29) is 17.9 Å². The molecule has 4 rings (SSSR count). The fraction of sp³-hybridized carbons (Fsp3) is 0.381. The van der Waals surface area contributed by atoms with Crippen molar-refractivity contribution in [2.75, 3.05) is 14.2 Å². The van der Waals surface area contributed by atoms with E-state index in [1.54, 1.807) is 36.6 Å². The maximum absolute atomic E-state index is 13.1. The molecule has 1 aromatic carbocycles. The van der Waals surface area contributed by atoms with Gasteiger partial charge in [0.2, 0.25) is 0 Å². The Morgan fingerprint density at radius 3 is 2.89 bits per heavy atom. The summed E-state index contributed by atoms with van der Waals surface area (Å²) in [5.41, 5.74) is 1.40. The average Bonchev–Trinajstić information content (AvgIpc) is 3.07. The third-order valence-corrected chi connectivity index (χ3v) is 6.47. The summed E-state index contributed by atoms with van der Waals surface area (Å²) in [6.45, 7) is 2.16. The van der Waals surface area contributed by atoms with Crippen LogP contribution in [0.1, 0.15) is 34.1 Å². The second-order valence-corrected chi connectivity index (χ2v) is 8.28. The van der Waals surface area contributed by atoms with E-state index in [0.717, 1.165) is 29.7 Å². The van der Waals surface area contributed by atoms with Crippen LogP contribution >= 0.6 is 11.3 Å². The van der Waals surface area contributed by atoms with E-state index >= 15 is 0 Å². The van der Waals surface area contributed by atoms with Crippen LogP contribution in [0.15, 0.2) is 29.3 Å². The Hall–Kier alpha value is -2.67.